The van der Waals surface area contributed by atoms with Crippen LogP contribution in [0.15, 0.2) is 53.4 Å². The minimum atomic E-state index is -3.97. The number of halogens is 1. The van der Waals surface area contributed by atoms with Gasteiger partial charge in [0.1, 0.15) is 10.7 Å². The first-order valence-corrected chi connectivity index (χ1v) is 12.3. The van der Waals surface area contributed by atoms with Crippen molar-refractivity contribution in [3.63, 3.8) is 0 Å². The van der Waals surface area contributed by atoms with Gasteiger partial charge in [0.05, 0.1) is 11.3 Å². The molecule has 1 aliphatic rings. The average molecular weight is 485 g/mol. The standard InChI is InChI=1S/C24H25FN4O4S/c1-15(2)29-24(31)20-11-8-17(13-22(20)34(29,32)33)23(30)28(3)12-4-5-19-14-21(27-26-19)16-6-9-18(25)10-7-16/h6-11,13-15H,4-5,12H2,1-3H3,(H,26,27). The third-order valence-electron chi connectivity index (χ3n) is 5.72. The van der Waals surface area contributed by atoms with E-state index in [0.717, 1.165) is 15.6 Å². The number of sulfonamides is 1. The van der Waals surface area contributed by atoms with E-state index in [1.807, 2.05) is 6.07 Å². The van der Waals surface area contributed by atoms with Crippen LogP contribution >= 0.6 is 0 Å². The van der Waals surface area contributed by atoms with Crippen molar-refractivity contribution in [3.05, 3.63) is 71.2 Å². The molecule has 0 fully saturated rings. The second-order valence-electron chi connectivity index (χ2n) is 8.53. The van der Waals surface area contributed by atoms with E-state index in [1.54, 1.807) is 33.0 Å². The Morgan fingerprint density at radius 3 is 2.53 bits per heavy atom. The number of benzene rings is 2. The maximum Gasteiger partial charge on any atom is 0.269 e. The minimum Gasteiger partial charge on any atom is -0.342 e. The smallest absolute Gasteiger partial charge is 0.269 e. The van der Waals surface area contributed by atoms with Crippen molar-refractivity contribution in [2.24, 2.45) is 0 Å². The zero-order valence-electron chi connectivity index (χ0n) is 19.1. The quantitative estimate of drug-likeness (QED) is 0.553. The first-order chi connectivity index (χ1) is 16.1. The van der Waals surface area contributed by atoms with E-state index in [9.17, 15) is 22.4 Å². The maximum atomic E-state index is 13.1. The molecule has 4 rings (SSSR count). The lowest BCUT2D eigenvalue weighted by molar-refractivity contribution is 0.0791. The largest absolute Gasteiger partial charge is 0.342 e. The van der Waals surface area contributed by atoms with Crippen molar-refractivity contribution >= 4 is 21.8 Å². The lowest BCUT2D eigenvalue weighted by Gasteiger charge is -2.19. The summed E-state index contributed by atoms with van der Waals surface area (Å²) in [5, 5.41) is 7.21. The highest BCUT2D eigenvalue weighted by molar-refractivity contribution is 7.90. The highest BCUT2D eigenvalue weighted by atomic mass is 32.2. The van der Waals surface area contributed by atoms with Crippen molar-refractivity contribution < 1.29 is 22.4 Å². The van der Waals surface area contributed by atoms with Gasteiger partial charge in [0.2, 0.25) is 0 Å². The number of aryl methyl sites for hydroxylation is 1. The molecular weight excluding hydrogens is 459 g/mol. The van der Waals surface area contributed by atoms with Gasteiger partial charge in [0.15, 0.2) is 0 Å². The Balaban J connectivity index is 1.39. The number of aromatic amines is 1. The highest BCUT2D eigenvalue weighted by Gasteiger charge is 2.43. The van der Waals surface area contributed by atoms with Crippen molar-refractivity contribution in [2.75, 3.05) is 13.6 Å². The maximum absolute atomic E-state index is 13.1. The Bertz CT molecular complexity index is 1350. The molecule has 0 radical (unpaired) electrons. The van der Waals surface area contributed by atoms with Gasteiger partial charge < -0.3 is 4.90 Å². The number of carbonyl (C=O) groups is 2. The van der Waals surface area contributed by atoms with E-state index < -0.39 is 22.0 Å². The van der Waals surface area contributed by atoms with Crippen molar-refractivity contribution in [3.8, 4) is 11.3 Å². The van der Waals surface area contributed by atoms with Crippen molar-refractivity contribution in [2.45, 2.75) is 37.6 Å². The minimum absolute atomic E-state index is 0.0871. The summed E-state index contributed by atoms with van der Waals surface area (Å²) in [7, 11) is -2.33. The molecule has 2 heterocycles. The molecule has 1 N–H and O–H groups in total. The predicted octanol–water partition coefficient (Wildman–Crippen LogP) is 3.47. The topological polar surface area (TPSA) is 103 Å². The summed E-state index contributed by atoms with van der Waals surface area (Å²) in [6.07, 6.45) is 1.29. The van der Waals surface area contributed by atoms with Crippen molar-refractivity contribution in [1.82, 2.24) is 19.4 Å². The van der Waals surface area contributed by atoms with Crippen LogP contribution in [-0.4, -0.2) is 59.3 Å². The summed E-state index contributed by atoms with van der Waals surface area (Å²) in [4.78, 5) is 26.8. The summed E-state index contributed by atoms with van der Waals surface area (Å²) in [6.45, 7) is 3.69. The number of fused-ring (bicyclic) bond motifs is 1. The van der Waals surface area contributed by atoms with Gasteiger partial charge in [-0.05, 0) is 75.2 Å². The molecule has 10 heteroatoms. The molecule has 0 saturated heterocycles. The van der Waals surface area contributed by atoms with Gasteiger partial charge in [-0.1, -0.05) is 0 Å². The van der Waals surface area contributed by atoms with E-state index in [-0.39, 0.29) is 27.7 Å². The molecule has 0 spiro atoms. The van der Waals surface area contributed by atoms with Crippen LogP contribution in [0.3, 0.4) is 0 Å². The van der Waals surface area contributed by atoms with Crippen molar-refractivity contribution in [1.29, 1.82) is 0 Å². The normalized spacial score (nSPS) is 14.5. The summed E-state index contributed by atoms with van der Waals surface area (Å²) < 4.78 is 39.5. The van der Waals surface area contributed by atoms with Gasteiger partial charge in [-0.2, -0.15) is 5.10 Å². The summed E-state index contributed by atoms with van der Waals surface area (Å²) in [5.41, 5.74) is 2.70. The predicted molar refractivity (Wildman–Crippen MR) is 124 cm³/mol. The van der Waals surface area contributed by atoms with Crippen LogP contribution < -0.4 is 0 Å². The molecule has 178 valence electrons. The fourth-order valence-electron chi connectivity index (χ4n) is 3.98. The number of rotatable bonds is 7. The molecule has 0 unspecified atom stereocenters. The Morgan fingerprint density at radius 1 is 1.15 bits per heavy atom. The molecule has 1 aromatic heterocycles. The molecule has 0 saturated carbocycles. The Labute approximate surface area is 197 Å². The number of nitrogens with one attached hydrogen (secondary N) is 1. The van der Waals surface area contributed by atoms with Crippen LogP contribution in [0.25, 0.3) is 11.3 Å². The Hall–Kier alpha value is -3.53. The zero-order chi connectivity index (χ0) is 24.6. The summed E-state index contributed by atoms with van der Waals surface area (Å²) in [6, 6.07) is 11.6. The summed E-state index contributed by atoms with van der Waals surface area (Å²) in [5.74, 6) is -1.21. The second kappa shape index (κ2) is 9.02. The van der Waals surface area contributed by atoms with Gasteiger partial charge in [-0.3, -0.25) is 14.7 Å². The number of amides is 2. The zero-order valence-corrected chi connectivity index (χ0v) is 19.9. The lowest BCUT2D eigenvalue weighted by atomic mass is 10.1. The van der Waals surface area contributed by atoms with Crippen LogP contribution in [0.4, 0.5) is 4.39 Å². The molecule has 2 aromatic carbocycles. The van der Waals surface area contributed by atoms with E-state index in [4.69, 9.17) is 0 Å². The van der Waals surface area contributed by atoms with E-state index in [1.165, 1.54) is 35.2 Å². The van der Waals surface area contributed by atoms with Crippen LogP contribution in [0.2, 0.25) is 0 Å². The van der Waals surface area contributed by atoms with Crippen LogP contribution in [-0.2, 0) is 16.4 Å². The Kier molecular flexibility index (Phi) is 6.26. The van der Waals surface area contributed by atoms with Crippen LogP contribution in [0.5, 0.6) is 0 Å². The van der Waals surface area contributed by atoms with Gasteiger partial charge in [-0.15, -0.1) is 0 Å². The van der Waals surface area contributed by atoms with Gasteiger partial charge >= 0.3 is 0 Å². The molecule has 3 aromatic rings. The lowest BCUT2D eigenvalue weighted by Crippen LogP contribution is -2.36. The molecule has 2 amide bonds. The fourth-order valence-corrected chi connectivity index (χ4v) is 5.77. The molecule has 34 heavy (non-hydrogen) atoms. The molecule has 8 nitrogen and oxygen atoms in total. The fraction of sp³-hybridized carbons (Fsp3) is 0.292. The van der Waals surface area contributed by atoms with E-state index in [2.05, 4.69) is 10.2 Å². The second-order valence-corrected chi connectivity index (χ2v) is 10.3. The van der Waals surface area contributed by atoms with E-state index >= 15 is 0 Å². The van der Waals surface area contributed by atoms with Crippen LogP contribution in [0.1, 0.15) is 46.7 Å². The number of hydrogen-bond donors (Lipinski definition) is 1. The molecular formula is C24H25FN4O4S. The molecule has 0 atom stereocenters. The molecule has 0 aliphatic carbocycles. The molecule has 0 bridgehead atoms. The average Bonchev–Trinajstić information content (AvgIpc) is 3.34. The Morgan fingerprint density at radius 2 is 1.85 bits per heavy atom. The highest BCUT2D eigenvalue weighted by Crippen LogP contribution is 2.32. The number of carbonyl (C=O) groups excluding carboxylic acids is 2. The van der Waals surface area contributed by atoms with Gasteiger partial charge in [0, 0.05) is 36.5 Å². The third-order valence-corrected chi connectivity index (χ3v) is 7.72. The number of H-pyrrole nitrogens is 1. The third kappa shape index (κ3) is 4.33. The van der Waals surface area contributed by atoms with E-state index in [0.29, 0.717) is 25.1 Å². The first kappa shape index (κ1) is 23.6. The number of hydrogen-bond acceptors (Lipinski definition) is 5. The first-order valence-electron chi connectivity index (χ1n) is 10.9. The monoisotopic (exact) mass is 484 g/mol. The summed E-state index contributed by atoms with van der Waals surface area (Å²) >= 11 is 0. The van der Waals surface area contributed by atoms with Gasteiger partial charge in [0.25, 0.3) is 21.8 Å². The van der Waals surface area contributed by atoms with Gasteiger partial charge in [-0.25, -0.2) is 17.1 Å². The SMILES string of the molecule is CC(C)N1C(=O)c2ccc(C(=O)N(C)CCCc3cc(-c4ccc(F)cc4)n[nH]3)cc2S1(=O)=O. The van der Waals surface area contributed by atoms with Crippen LogP contribution in [0, 0.1) is 5.82 Å². The molecule has 1 aliphatic heterocycles. The number of nitrogens with zero attached hydrogens (tertiary/aromatic N) is 3. The number of aromatic nitrogens is 2.